The Hall–Kier alpha value is -1.51. The number of rotatable bonds is 5. The Balaban J connectivity index is 2.73. The third-order valence-electron chi connectivity index (χ3n) is 2.85. The van der Waals surface area contributed by atoms with Crippen LogP contribution in [0.4, 0.5) is 4.79 Å². The maximum atomic E-state index is 10.4. The fraction of sp³-hybridized carbons (Fsp3) is 0.462. The lowest BCUT2D eigenvalue weighted by Crippen LogP contribution is -2.19. The smallest absolute Gasteiger partial charge is 0.404 e. The molecule has 3 nitrogen and oxygen atoms in total. The number of carbonyl (C=O) groups is 1. The SMILES string of the molecule is CCC(CC)c1cccc(CNC(=O)O)c1. The monoisotopic (exact) mass is 221 g/mol. The molecule has 88 valence electrons. The summed E-state index contributed by atoms with van der Waals surface area (Å²) in [6.45, 7) is 4.73. The quantitative estimate of drug-likeness (QED) is 0.801. The summed E-state index contributed by atoms with van der Waals surface area (Å²) in [5.41, 5.74) is 2.32. The molecule has 0 aromatic heterocycles. The minimum absolute atomic E-state index is 0.378. The minimum atomic E-state index is -0.979. The summed E-state index contributed by atoms with van der Waals surface area (Å²) >= 11 is 0. The molecule has 1 amide bonds. The summed E-state index contributed by atoms with van der Waals surface area (Å²) in [6.07, 6.45) is 1.26. The number of carboxylic acid groups (broad SMARTS) is 1. The van der Waals surface area contributed by atoms with Crippen LogP contribution in [0.1, 0.15) is 43.7 Å². The summed E-state index contributed by atoms with van der Waals surface area (Å²) in [4.78, 5) is 10.4. The van der Waals surface area contributed by atoms with Gasteiger partial charge in [-0.3, -0.25) is 0 Å². The third-order valence-corrected chi connectivity index (χ3v) is 2.85. The van der Waals surface area contributed by atoms with Crippen LogP contribution in [0.25, 0.3) is 0 Å². The maximum Gasteiger partial charge on any atom is 0.404 e. The van der Waals surface area contributed by atoms with Crippen molar-refractivity contribution in [3.05, 3.63) is 35.4 Å². The van der Waals surface area contributed by atoms with Crippen molar-refractivity contribution in [1.82, 2.24) is 5.32 Å². The van der Waals surface area contributed by atoms with Crippen molar-refractivity contribution < 1.29 is 9.90 Å². The molecule has 0 atom stereocenters. The van der Waals surface area contributed by atoms with Crippen LogP contribution >= 0.6 is 0 Å². The van der Waals surface area contributed by atoms with Crippen molar-refractivity contribution in [2.45, 2.75) is 39.2 Å². The molecule has 1 aromatic rings. The van der Waals surface area contributed by atoms with E-state index in [9.17, 15) is 4.79 Å². The average molecular weight is 221 g/mol. The molecular formula is C13H19NO2. The van der Waals surface area contributed by atoms with Gasteiger partial charge in [0.1, 0.15) is 0 Å². The second kappa shape index (κ2) is 6.16. The molecule has 1 aromatic carbocycles. The molecule has 0 heterocycles. The standard InChI is InChI=1S/C13H19NO2/c1-3-11(4-2)12-7-5-6-10(8-12)9-14-13(15)16/h5-8,11,14H,3-4,9H2,1-2H3,(H,15,16). The summed E-state index contributed by atoms with van der Waals surface area (Å²) < 4.78 is 0. The van der Waals surface area contributed by atoms with E-state index in [2.05, 4.69) is 31.3 Å². The molecule has 0 saturated carbocycles. The summed E-state index contributed by atoms with van der Waals surface area (Å²) in [6, 6.07) is 8.14. The van der Waals surface area contributed by atoms with Gasteiger partial charge in [-0.25, -0.2) is 4.79 Å². The Morgan fingerprint density at radius 3 is 2.62 bits per heavy atom. The van der Waals surface area contributed by atoms with E-state index in [1.165, 1.54) is 5.56 Å². The second-order valence-electron chi connectivity index (χ2n) is 3.92. The first-order chi connectivity index (χ1) is 7.67. The van der Waals surface area contributed by atoms with Crippen LogP contribution in [0.5, 0.6) is 0 Å². The van der Waals surface area contributed by atoms with Crippen molar-refractivity contribution >= 4 is 6.09 Å². The lowest BCUT2D eigenvalue weighted by molar-refractivity contribution is 0.194. The molecule has 0 aliphatic heterocycles. The summed E-state index contributed by atoms with van der Waals surface area (Å²) in [7, 11) is 0. The highest BCUT2D eigenvalue weighted by molar-refractivity contribution is 5.64. The molecule has 0 saturated heterocycles. The van der Waals surface area contributed by atoms with Gasteiger partial charge >= 0.3 is 6.09 Å². The fourth-order valence-corrected chi connectivity index (χ4v) is 1.89. The Labute approximate surface area is 96.5 Å². The number of hydrogen-bond acceptors (Lipinski definition) is 1. The highest BCUT2D eigenvalue weighted by Gasteiger charge is 2.07. The van der Waals surface area contributed by atoms with Crippen LogP contribution < -0.4 is 5.32 Å². The molecule has 0 aliphatic rings. The zero-order valence-corrected chi connectivity index (χ0v) is 9.86. The highest BCUT2D eigenvalue weighted by Crippen LogP contribution is 2.23. The van der Waals surface area contributed by atoms with Crippen LogP contribution in [0, 0.1) is 0 Å². The van der Waals surface area contributed by atoms with Gasteiger partial charge < -0.3 is 10.4 Å². The van der Waals surface area contributed by atoms with Crippen LogP contribution in [0.15, 0.2) is 24.3 Å². The van der Waals surface area contributed by atoms with Gasteiger partial charge in [0.25, 0.3) is 0 Å². The number of hydrogen-bond donors (Lipinski definition) is 2. The van der Waals surface area contributed by atoms with Gasteiger partial charge in [0.15, 0.2) is 0 Å². The van der Waals surface area contributed by atoms with Crippen molar-refractivity contribution in [3.8, 4) is 0 Å². The Kier molecular flexibility index (Phi) is 4.83. The highest BCUT2D eigenvalue weighted by atomic mass is 16.4. The molecule has 0 aliphatic carbocycles. The van der Waals surface area contributed by atoms with E-state index in [1.807, 2.05) is 12.1 Å². The van der Waals surface area contributed by atoms with E-state index in [0.717, 1.165) is 18.4 Å². The molecule has 0 fully saturated rings. The molecule has 0 bridgehead atoms. The first-order valence-electron chi connectivity index (χ1n) is 5.73. The summed E-state index contributed by atoms with van der Waals surface area (Å²) in [5.74, 6) is 0.574. The van der Waals surface area contributed by atoms with E-state index in [1.54, 1.807) is 0 Å². The lowest BCUT2D eigenvalue weighted by atomic mass is 9.93. The Morgan fingerprint density at radius 1 is 1.38 bits per heavy atom. The van der Waals surface area contributed by atoms with Gasteiger partial charge in [-0.1, -0.05) is 38.1 Å². The minimum Gasteiger partial charge on any atom is -0.465 e. The zero-order chi connectivity index (χ0) is 12.0. The topological polar surface area (TPSA) is 49.3 Å². The van der Waals surface area contributed by atoms with Gasteiger partial charge in [0, 0.05) is 6.54 Å². The Bertz CT molecular complexity index is 346. The maximum absolute atomic E-state index is 10.4. The van der Waals surface area contributed by atoms with E-state index in [0.29, 0.717) is 12.5 Å². The molecule has 2 N–H and O–H groups in total. The van der Waals surface area contributed by atoms with Crippen LogP contribution in [-0.4, -0.2) is 11.2 Å². The predicted molar refractivity (Wildman–Crippen MR) is 64.6 cm³/mol. The molecule has 0 spiro atoms. The zero-order valence-electron chi connectivity index (χ0n) is 9.86. The number of benzene rings is 1. The van der Waals surface area contributed by atoms with Crippen LogP contribution in [0.3, 0.4) is 0 Å². The lowest BCUT2D eigenvalue weighted by Gasteiger charge is -2.13. The summed E-state index contributed by atoms with van der Waals surface area (Å²) in [5, 5.41) is 10.9. The first kappa shape index (κ1) is 12.6. The van der Waals surface area contributed by atoms with Gasteiger partial charge in [-0.2, -0.15) is 0 Å². The van der Waals surface area contributed by atoms with Gasteiger partial charge in [0.2, 0.25) is 0 Å². The van der Waals surface area contributed by atoms with Crippen molar-refractivity contribution in [2.24, 2.45) is 0 Å². The molecule has 16 heavy (non-hydrogen) atoms. The normalized spacial score (nSPS) is 10.4. The van der Waals surface area contributed by atoms with Gasteiger partial charge in [-0.05, 0) is 29.9 Å². The van der Waals surface area contributed by atoms with Crippen LogP contribution in [0.2, 0.25) is 0 Å². The Morgan fingerprint density at radius 2 is 2.06 bits per heavy atom. The predicted octanol–water partition coefficient (Wildman–Crippen LogP) is 3.36. The van der Waals surface area contributed by atoms with Gasteiger partial charge in [0.05, 0.1) is 0 Å². The van der Waals surface area contributed by atoms with E-state index in [-0.39, 0.29) is 0 Å². The van der Waals surface area contributed by atoms with Crippen molar-refractivity contribution in [1.29, 1.82) is 0 Å². The van der Waals surface area contributed by atoms with Crippen LogP contribution in [-0.2, 0) is 6.54 Å². The molecule has 0 radical (unpaired) electrons. The molecular weight excluding hydrogens is 202 g/mol. The average Bonchev–Trinajstić information content (AvgIpc) is 2.29. The van der Waals surface area contributed by atoms with E-state index < -0.39 is 6.09 Å². The number of nitrogens with one attached hydrogen (secondary N) is 1. The molecule has 1 rings (SSSR count). The van der Waals surface area contributed by atoms with Crippen molar-refractivity contribution in [2.75, 3.05) is 0 Å². The first-order valence-corrected chi connectivity index (χ1v) is 5.73. The van der Waals surface area contributed by atoms with Crippen molar-refractivity contribution in [3.63, 3.8) is 0 Å². The molecule has 3 heteroatoms. The largest absolute Gasteiger partial charge is 0.465 e. The van der Waals surface area contributed by atoms with E-state index >= 15 is 0 Å². The fourth-order valence-electron chi connectivity index (χ4n) is 1.89. The van der Waals surface area contributed by atoms with Gasteiger partial charge in [-0.15, -0.1) is 0 Å². The number of amides is 1. The third kappa shape index (κ3) is 3.57. The molecule has 0 unspecified atom stereocenters. The second-order valence-corrected chi connectivity index (χ2v) is 3.92. The van der Waals surface area contributed by atoms with E-state index in [4.69, 9.17) is 5.11 Å².